The second-order valence-electron chi connectivity index (χ2n) is 4.91. The second kappa shape index (κ2) is 4.28. The van der Waals surface area contributed by atoms with Gasteiger partial charge in [0.05, 0.1) is 0 Å². The molecule has 0 heterocycles. The van der Waals surface area contributed by atoms with Gasteiger partial charge in [0.25, 0.3) is 0 Å². The van der Waals surface area contributed by atoms with Crippen LogP contribution in [0.15, 0.2) is 0 Å². The summed E-state index contributed by atoms with van der Waals surface area (Å²) < 4.78 is 0. The average molecular weight is 197 g/mol. The Kier molecular flexibility index (Phi) is 3.04. The van der Waals surface area contributed by atoms with Crippen LogP contribution >= 0.6 is 0 Å². The summed E-state index contributed by atoms with van der Waals surface area (Å²) in [6.07, 6.45) is 8.89. The highest BCUT2D eigenvalue weighted by Gasteiger charge is 2.36. The molecule has 3 atom stereocenters. The Hall–Kier alpha value is -0.600. The summed E-state index contributed by atoms with van der Waals surface area (Å²) in [6, 6.07) is 0. The summed E-state index contributed by atoms with van der Waals surface area (Å²) in [5.41, 5.74) is 0. The number of fused-ring (bicyclic) bond motifs is 1. The smallest absolute Gasteiger partial charge is 0.206 e. The zero-order valence-corrected chi connectivity index (χ0v) is 8.65. The molecule has 2 fully saturated rings. The lowest BCUT2D eigenvalue weighted by Gasteiger charge is -2.39. The standard InChI is InChI=1S/C11H19NO2/c13-12(14)8-10-6-3-5-9-4-1-2-7-11(9)10/h9-11H,1-8H2. The van der Waals surface area contributed by atoms with E-state index in [9.17, 15) is 10.1 Å². The SMILES string of the molecule is O=[N+]([O-])CC1CCCC2CCCCC21. The summed E-state index contributed by atoms with van der Waals surface area (Å²) in [7, 11) is 0. The van der Waals surface area contributed by atoms with Gasteiger partial charge in [-0.05, 0) is 24.7 Å². The van der Waals surface area contributed by atoms with Gasteiger partial charge in [0.15, 0.2) is 0 Å². The third-order valence-corrected chi connectivity index (χ3v) is 4.11. The van der Waals surface area contributed by atoms with Crippen LogP contribution in [0.25, 0.3) is 0 Å². The lowest BCUT2D eigenvalue weighted by Crippen LogP contribution is -2.34. The molecule has 14 heavy (non-hydrogen) atoms. The lowest BCUT2D eigenvalue weighted by atomic mass is 9.65. The molecule has 3 heteroatoms. The predicted octanol–water partition coefficient (Wildman–Crippen LogP) is 2.87. The first-order valence-electron chi connectivity index (χ1n) is 5.89. The van der Waals surface area contributed by atoms with Crippen molar-refractivity contribution >= 4 is 0 Å². The third kappa shape index (κ3) is 2.07. The molecule has 0 aromatic carbocycles. The summed E-state index contributed by atoms with van der Waals surface area (Å²) in [5, 5.41) is 10.5. The Morgan fingerprint density at radius 1 is 1.07 bits per heavy atom. The van der Waals surface area contributed by atoms with Gasteiger partial charge in [-0.1, -0.05) is 32.1 Å². The molecule has 0 bridgehead atoms. The predicted molar refractivity (Wildman–Crippen MR) is 54.7 cm³/mol. The normalized spacial score (nSPS) is 37.6. The van der Waals surface area contributed by atoms with Crippen molar-refractivity contribution in [1.29, 1.82) is 0 Å². The Labute approximate surface area is 85.0 Å². The van der Waals surface area contributed by atoms with Gasteiger partial charge < -0.3 is 0 Å². The third-order valence-electron chi connectivity index (χ3n) is 4.11. The number of hydrogen-bond acceptors (Lipinski definition) is 2. The molecular weight excluding hydrogens is 178 g/mol. The molecule has 2 aliphatic rings. The molecule has 2 aliphatic carbocycles. The van der Waals surface area contributed by atoms with Crippen LogP contribution in [0.1, 0.15) is 44.9 Å². The Morgan fingerprint density at radius 3 is 2.57 bits per heavy atom. The molecule has 0 radical (unpaired) electrons. The average Bonchev–Trinajstić information content (AvgIpc) is 2.18. The Morgan fingerprint density at radius 2 is 1.79 bits per heavy atom. The maximum atomic E-state index is 10.5. The molecular formula is C11H19NO2. The lowest BCUT2D eigenvalue weighted by molar-refractivity contribution is -0.491. The highest BCUT2D eigenvalue weighted by molar-refractivity contribution is 4.84. The molecule has 0 N–H and O–H groups in total. The Bertz CT molecular complexity index is 215. The zero-order chi connectivity index (χ0) is 9.97. The number of nitro groups is 1. The molecule has 0 aliphatic heterocycles. The van der Waals surface area contributed by atoms with E-state index < -0.39 is 0 Å². The number of rotatable bonds is 2. The van der Waals surface area contributed by atoms with E-state index in [4.69, 9.17) is 0 Å². The van der Waals surface area contributed by atoms with E-state index in [0.29, 0.717) is 11.8 Å². The summed E-state index contributed by atoms with van der Waals surface area (Å²) >= 11 is 0. The Balaban J connectivity index is 1.97. The van der Waals surface area contributed by atoms with Gasteiger partial charge in [0.1, 0.15) is 0 Å². The summed E-state index contributed by atoms with van der Waals surface area (Å²) in [5.74, 6) is 1.90. The van der Waals surface area contributed by atoms with Gasteiger partial charge in [-0.25, -0.2) is 0 Å². The summed E-state index contributed by atoms with van der Waals surface area (Å²) in [4.78, 5) is 10.4. The fourth-order valence-corrected chi connectivity index (χ4v) is 3.49. The maximum absolute atomic E-state index is 10.5. The number of hydrogen-bond donors (Lipinski definition) is 0. The van der Waals surface area contributed by atoms with Gasteiger partial charge >= 0.3 is 0 Å². The van der Waals surface area contributed by atoms with Crippen LogP contribution in [0.4, 0.5) is 0 Å². The quantitative estimate of drug-likeness (QED) is 0.504. The van der Waals surface area contributed by atoms with Crippen LogP contribution in [0.5, 0.6) is 0 Å². The molecule has 2 saturated carbocycles. The van der Waals surface area contributed by atoms with Crippen LogP contribution in [-0.2, 0) is 0 Å². The fourth-order valence-electron chi connectivity index (χ4n) is 3.49. The first kappa shape index (κ1) is 9.94. The van der Waals surface area contributed by atoms with Crippen molar-refractivity contribution in [2.75, 3.05) is 6.54 Å². The van der Waals surface area contributed by atoms with E-state index >= 15 is 0 Å². The van der Waals surface area contributed by atoms with Crippen molar-refractivity contribution < 1.29 is 4.92 Å². The monoisotopic (exact) mass is 197 g/mol. The van der Waals surface area contributed by atoms with Gasteiger partial charge in [0, 0.05) is 10.8 Å². The highest BCUT2D eigenvalue weighted by atomic mass is 16.6. The van der Waals surface area contributed by atoms with Crippen LogP contribution in [-0.4, -0.2) is 11.5 Å². The van der Waals surface area contributed by atoms with Crippen LogP contribution < -0.4 is 0 Å². The first-order chi connectivity index (χ1) is 6.77. The molecule has 3 unspecified atom stereocenters. The molecule has 0 amide bonds. The molecule has 2 rings (SSSR count). The van der Waals surface area contributed by atoms with Crippen molar-refractivity contribution in [3.8, 4) is 0 Å². The van der Waals surface area contributed by atoms with Crippen molar-refractivity contribution in [3.63, 3.8) is 0 Å². The highest BCUT2D eigenvalue weighted by Crippen LogP contribution is 2.43. The van der Waals surface area contributed by atoms with Gasteiger partial charge in [-0.15, -0.1) is 0 Å². The van der Waals surface area contributed by atoms with E-state index in [0.717, 1.165) is 12.3 Å². The van der Waals surface area contributed by atoms with Crippen molar-refractivity contribution in [1.82, 2.24) is 0 Å². The topological polar surface area (TPSA) is 43.1 Å². The van der Waals surface area contributed by atoms with Gasteiger partial charge in [-0.3, -0.25) is 10.1 Å². The van der Waals surface area contributed by atoms with E-state index in [1.807, 2.05) is 0 Å². The van der Waals surface area contributed by atoms with Crippen molar-refractivity contribution in [2.24, 2.45) is 17.8 Å². The minimum Gasteiger partial charge on any atom is -0.265 e. The molecule has 3 nitrogen and oxygen atoms in total. The van der Waals surface area contributed by atoms with Crippen molar-refractivity contribution in [2.45, 2.75) is 44.9 Å². The molecule has 0 aromatic heterocycles. The van der Waals surface area contributed by atoms with E-state index in [1.165, 1.54) is 38.5 Å². The van der Waals surface area contributed by atoms with Crippen LogP contribution in [0.3, 0.4) is 0 Å². The fraction of sp³-hybridized carbons (Fsp3) is 1.00. The minimum absolute atomic E-state index is 0.109. The largest absolute Gasteiger partial charge is 0.265 e. The first-order valence-corrected chi connectivity index (χ1v) is 5.89. The van der Waals surface area contributed by atoms with Crippen LogP contribution in [0.2, 0.25) is 0 Å². The van der Waals surface area contributed by atoms with Crippen molar-refractivity contribution in [3.05, 3.63) is 10.1 Å². The van der Waals surface area contributed by atoms with E-state index in [1.54, 1.807) is 0 Å². The zero-order valence-electron chi connectivity index (χ0n) is 8.65. The van der Waals surface area contributed by atoms with Gasteiger partial charge in [0.2, 0.25) is 6.54 Å². The molecule has 0 aromatic rings. The second-order valence-corrected chi connectivity index (χ2v) is 4.91. The minimum atomic E-state index is -0.109. The van der Waals surface area contributed by atoms with Gasteiger partial charge in [-0.2, -0.15) is 0 Å². The molecule has 80 valence electrons. The molecule has 0 spiro atoms. The summed E-state index contributed by atoms with van der Waals surface area (Å²) in [6.45, 7) is 0.223. The molecule has 0 saturated heterocycles. The van der Waals surface area contributed by atoms with Crippen LogP contribution in [0, 0.1) is 27.9 Å². The van der Waals surface area contributed by atoms with E-state index in [2.05, 4.69) is 0 Å². The number of nitrogens with zero attached hydrogens (tertiary/aromatic N) is 1. The van der Waals surface area contributed by atoms with E-state index in [-0.39, 0.29) is 11.5 Å². The maximum Gasteiger partial charge on any atom is 0.206 e.